The largest absolute Gasteiger partial charge is 0.376 e. The van der Waals surface area contributed by atoms with Crippen LogP contribution in [0, 0.1) is 6.92 Å². The van der Waals surface area contributed by atoms with Gasteiger partial charge in [0.1, 0.15) is 0 Å². The Morgan fingerprint density at radius 1 is 1.24 bits per heavy atom. The number of hydrogen-bond acceptors (Lipinski definition) is 5. The Labute approximate surface area is 147 Å². The fourth-order valence-electron chi connectivity index (χ4n) is 2.35. The van der Waals surface area contributed by atoms with Crippen LogP contribution in [0.25, 0.3) is 0 Å². The van der Waals surface area contributed by atoms with Gasteiger partial charge in [-0.1, -0.05) is 6.07 Å². The van der Waals surface area contributed by atoms with E-state index in [1.54, 1.807) is 17.0 Å². The number of aryl methyl sites for hydroxylation is 1. The number of carbonyl (C=O) groups is 2. The Balaban J connectivity index is 1.87. The number of rotatable bonds is 6. The van der Waals surface area contributed by atoms with E-state index in [4.69, 9.17) is 9.47 Å². The molecular formula is C17H26N4O4. The van der Waals surface area contributed by atoms with Gasteiger partial charge in [0.15, 0.2) is 0 Å². The number of nitrogens with zero attached hydrogens (tertiary/aromatic N) is 1. The van der Waals surface area contributed by atoms with Crippen LogP contribution in [-0.2, 0) is 14.3 Å². The van der Waals surface area contributed by atoms with E-state index in [2.05, 4.69) is 16.0 Å². The second kappa shape index (κ2) is 9.36. The molecule has 0 saturated carbocycles. The van der Waals surface area contributed by atoms with Gasteiger partial charge >= 0.3 is 6.03 Å². The van der Waals surface area contributed by atoms with Crippen LogP contribution in [0.3, 0.4) is 0 Å². The Bertz CT molecular complexity index is 600. The molecule has 8 nitrogen and oxygen atoms in total. The van der Waals surface area contributed by atoms with Crippen molar-refractivity contribution >= 4 is 23.3 Å². The minimum Gasteiger partial charge on any atom is -0.376 e. The summed E-state index contributed by atoms with van der Waals surface area (Å²) in [5, 5.41) is 8.36. The number of benzene rings is 1. The Kier molecular flexibility index (Phi) is 7.17. The molecule has 1 aliphatic rings. The van der Waals surface area contributed by atoms with E-state index in [-0.39, 0.29) is 18.0 Å². The molecule has 0 radical (unpaired) electrons. The van der Waals surface area contributed by atoms with Crippen LogP contribution in [0.15, 0.2) is 18.2 Å². The van der Waals surface area contributed by atoms with Crippen LogP contribution in [0.1, 0.15) is 5.56 Å². The lowest BCUT2D eigenvalue weighted by Crippen LogP contribution is -2.41. The highest BCUT2D eigenvalue weighted by atomic mass is 16.6. The second-order valence-corrected chi connectivity index (χ2v) is 6.22. The summed E-state index contributed by atoms with van der Waals surface area (Å²) in [5.41, 5.74) is 2.20. The van der Waals surface area contributed by atoms with Crippen LogP contribution in [0.2, 0.25) is 0 Å². The van der Waals surface area contributed by atoms with Crippen molar-refractivity contribution in [2.45, 2.75) is 13.0 Å². The number of carbonyl (C=O) groups excluding carboxylic acids is 2. The van der Waals surface area contributed by atoms with Gasteiger partial charge in [-0.15, -0.1) is 0 Å². The van der Waals surface area contributed by atoms with Crippen molar-refractivity contribution in [3.8, 4) is 0 Å². The lowest BCUT2D eigenvalue weighted by molar-refractivity contribution is -0.116. The SMILES string of the molecule is Cc1ccc(NC(=O)NC[C@@H]2COCCO2)cc1NC(=O)CN(C)C. The van der Waals surface area contributed by atoms with Crippen molar-refractivity contribution in [3.63, 3.8) is 0 Å². The van der Waals surface area contributed by atoms with Gasteiger partial charge in [-0.2, -0.15) is 0 Å². The smallest absolute Gasteiger partial charge is 0.319 e. The molecule has 0 aliphatic carbocycles. The van der Waals surface area contributed by atoms with Gasteiger partial charge in [-0.25, -0.2) is 4.79 Å². The molecule has 1 aromatic carbocycles. The summed E-state index contributed by atoms with van der Waals surface area (Å²) in [6, 6.07) is 5.04. The average Bonchev–Trinajstić information content (AvgIpc) is 2.56. The van der Waals surface area contributed by atoms with Crippen molar-refractivity contribution < 1.29 is 19.1 Å². The molecule has 0 aromatic heterocycles. The predicted molar refractivity (Wildman–Crippen MR) is 95.9 cm³/mol. The number of likely N-dealkylation sites (N-methyl/N-ethyl adjacent to an activating group) is 1. The van der Waals surface area contributed by atoms with Gasteiger partial charge in [0, 0.05) is 17.9 Å². The quantitative estimate of drug-likeness (QED) is 0.713. The number of nitrogens with one attached hydrogen (secondary N) is 3. The maximum absolute atomic E-state index is 12.0. The molecule has 1 heterocycles. The van der Waals surface area contributed by atoms with Crippen molar-refractivity contribution in [2.24, 2.45) is 0 Å². The van der Waals surface area contributed by atoms with Gasteiger partial charge in [-0.05, 0) is 38.7 Å². The highest BCUT2D eigenvalue weighted by molar-refractivity contribution is 5.95. The fraction of sp³-hybridized carbons (Fsp3) is 0.529. The normalized spacial score (nSPS) is 17.2. The molecule has 0 spiro atoms. The zero-order valence-electron chi connectivity index (χ0n) is 14.9. The molecular weight excluding hydrogens is 324 g/mol. The first-order valence-electron chi connectivity index (χ1n) is 8.23. The van der Waals surface area contributed by atoms with E-state index in [1.807, 2.05) is 27.1 Å². The first-order chi connectivity index (χ1) is 11.9. The summed E-state index contributed by atoms with van der Waals surface area (Å²) in [7, 11) is 3.66. The highest BCUT2D eigenvalue weighted by Gasteiger charge is 2.15. The second-order valence-electron chi connectivity index (χ2n) is 6.22. The zero-order valence-corrected chi connectivity index (χ0v) is 14.9. The Morgan fingerprint density at radius 2 is 2.04 bits per heavy atom. The van der Waals surface area contributed by atoms with Crippen molar-refractivity contribution in [3.05, 3.63) is 23.8 Å². The Morgan fingerprint density at radius 3 is 2.72 bits per heavy atom. The highest BCUT2D eigenvalue weighted by Crippen LogP contribution is 2.20. The van der Waals surface area contributed by atoms with Crippen molar-refractivity contribution in [1.29, 1.82) is 0 Å². The van der Waals surface area contributed by atoms with E-state index < -0.39 is 0 Å². The Hall–Kier alpha value is -2.16. The van der Waals surface area contributed by atoms with Crippen molar-refractivity contribution in [2.75, 3.05) is 57.6 Å². The lowest BCUT2D eigenvalue weighted by atomic mass is 10.1. The minimum atomic E-state index is -0.330. The number of hydrogen-bond donors (Lipinski definition) is 3. The number of urea groups is 1. The first kappa shape index (κ1) is 19.2. The molecule has 1 saturated heterocycles. The number of anilines is 2. The third kappa shape index (κ3) is 6.69. The van der Waals surface area contributed by atoms with Crippen LogP contribution >= 0.6 is 0 Å². The summed E-state index contributed by atoms with van der Waals surface area (Å²) in [6.07, 6.45) is -0.126. The molecule has 1 aromatic rings. The molecule has 138 valence electrons. The van der Waals surface area contributed by atoms with E-state index in [0.717, 1.165) is 5.56 Å². The minimum absolute atomic E-state index is 0.107. The third-order valence-corrected chi connectivity index (χ3v) is 3.60. The molecule has 1 aliphatic heterocycles. The van der Waals surface area contributed by atoms with Gasteiger partial charge in [0.25, 0.3) is 0 Å². The van der Waals surface area contributed by atoms with Gasteiger partial charge in [0.2, 0.25) is 5.91 Å². The summed E-state index contributed by atoms with van der Waals surface area (Å²) in [4.78, 5) is 25.7. The summed E-state index contributed by atoms with van der Waals surface area (Å²) in [5.74, 6) is -0.107. The molecule has 8 heteroatoms. The predicted octanol–water partition coefficient (Wildman–Crippen LogP) is 1.03. The topological polar surface area (TPSA) is 91.9 Å². The van der Waals surface area contributed by atoms with Crippen LogP contribution in [-0.4, -0.2) is 69.9 Å². The third-order valence-electron chi connectivity index (χ3n) is 3.60. The molecule has 0 bridgehead atoms. The molecule has 3 N–H and O–H groups in total. The van der Waals surface area contributed by atoms with Crippen LogP contribution in [0.4, 0.5) is 16.2 Å². The molecule has 3 amide bonds. The van der Waals surface area contributed by atoms with Gasteiger partial charge in [0.05, 0.1) is 32.5 Å². The zero-order chi connectivity index (χ0) is 18.2. The number of ether oxygens (including phenoxy) is 2. The van der Waals surface area contributed by atoms with E-state index in [1.165, 1.54) is 0 Å². The average molecular weight is 350 g/mol. The molecule has 2 rings (SSSR count). The first-order valence-corrected chi connectivity index (χ1v) is 8.23. The maximum atomic E-state index is 12.0. The van der Waals surface area contributed by atoms with Gasteiger partial charge in [-0.3, -0.25) is 4.79 Å². The molecule has 0 unspecified atom stereocenters. The van der Waals surface area contributed by atoms with E-state index in [0.29, 0.717) is 44.3 Å². The summed E-state index contributed by atoms with van der Waals surface area (Å²) in [6.45, 7) is 4.18. The van der Waals surface area contributed by atoms with Crippen LogP contribution in [0.5, 0.6) is 0 Å². The van der Waals surface area contributed by atoms with E-state index in [9.17, 15) is 9.59 Å². The monoisotopic (exact) mass is 350 g/mol. The van der Waals surface area contributed by atoms with Gasteiger partial charge < -0.3 is 30.3 Å². The fourth-order valence-corrected chi connectivity index (χ4v) is 2.35. The van der Waals surface area contributed by atoms with Crippen LogP contribution < -0.4 is 16.0 Å². The van der Waals surface area contributed by atoms with Crippen molar-refractivity contribution in [1.82, 2.24) is 10.2 Å². The summed E-state index contributed by atoms with van der Waals surface area (Å²) < 4.78 is 10.8. The maximum Gasteiger partial charge on any atom is 0.319 e. The molecule has 25 heavy (non-hydrogen) atoms. The van der Waals surface area contributed by atoms with E-state index >= 15 is 0 Å². The molecule has 1 fully saturated rings. The number of amides is 3. The standard InChI is InChI=1S/C17H26N4O4/c1-12-4-5-13(8-15(12)20-16(22)10-21(2)3)19-17(23)18-9-14-11-24-6-7-25-14/h4-5,8,14H,6-7,9-11H2,1-3H3,(H,20,22)(H2,18,19,23)/t14-/m1/s1. The lowest BCUT2D eigenvalue weighted by Gasteiger charge is -2.23. The molecule has 1 atom stereocenters. The summed E-state index contributed by atoms with van der Waals surface area (Å²) >= 11 is 0.